The largest absolute Gasteiger partial charge is 0.459 e. The minimum Gasteiger partial charge on any atom is -0.459 e. The Balaban J connectivity index is 1.70. The lowest BCUT2D eigenvalue weighted by molar-refractivity contribution is 0.357. The molecule has 7 heteroatoms. The van der Waals surface area contributed by atoms with Gasteiger partial charge in [0.15, 0.2) is 10.9 Å². The van der Waals surface area contributed by atoms with Crippen molar-refractivity contribution in [2.75, 3.05) is 11.9 Å². The van der Waals surface area contributed by atoms with Crippen molar-refractivity contribution < 1.29 is 8.83 Å². The van der Waals surface area contributed by atoms with Crippen LogP contribution < -0.4 is 5.32 Å². The van der Waals surface area contributed by atoms with E-state index in [4.69, 9.17) is 21.1 Å². The molecule has 0 bridgehead atoms. The summed E-state index contributed by atoms with van der Waals surface area (Å²) in [5, 5.41) is 12.1. The van der Waals surface area contributed by atoms with E-state index in [1.165, 1.54) is 0 Å². The number of thiocarbonyl (C=S) groups is 1. The fraction of sp³-hybridized carbons (Fsp3) is 0.278. The van der Waals surface area contributed by atoms with E-state index in [0.717, 1.165) is 24.2 Å². The Bertz CT molecular complexity index is 829. The molecule has 2 heterocycles. The van der Waals surface area contributed by atoms with Crippen LogP contribution in [0.4, 0.5) is 5.69 Å². The van der Waals surface area contributed by atoms with Crippen molar-refractivity contribution in [3.8, 4) is 11.7 Å². The topological polar surface area (TPSA) is 67.3 Å². The van der Waals surface area contributed by atoms with E-state index >= 15 is 0 Å². The van der Waals surface area contributed by atoms with E-state index in [-0.39, 0.29) is 0 Å². The molecule has 0 amide bonds. The molecule has 0 radical (unpaired) electrons. The molecule has 25 heavy (non-hydrogen) atoms. The highest BCUT2D eigenvalue weighted by molar-refractivity contribution is 7.80. The Hall–Kier alpha value is -2.67. The fourth-order valence-corrected chi connectivity index (χ4v) is 2.68. The molecule has 0 spiro atoms. The zero-order chi connectivity index (χ0) is 17.6. The predicted molar refractivity (Wildman–Crippen MR) is 100 cm³/mol. The molecule has 3 rings (SSSR count). The van der Waals surface area contributed by atoms with Crippen LogP contribution in [0.1, 0.15) is 24.8 Å². The van der Waals surface area contributed by atoms with Crippen molar-refractivity contribution in [3.05, 3.63) is 54.1 Å². The number of hydrogen-bond donors (Lipinski definition) is 1. The predicted octanol–water partition coefficient (Wildman–Crippen LogP) is 4.25. The molecule has 0 aliphatic heterocycles. The second kappa shape index (κ2) is 7.94. The molecular weight excluding hydrogens is 336 g/mol. The van der Waals surface area contributed by atoms with Crippen LogP contribution in [0.15, 0.2) is 51.5 Å². The quantitative estimate of drug-likeness (QED) is 0.662. The van der Waals surface area contributed by atoms with Crippen LogP contribution in [-0.2, 0) is 6.54 Å². The molecule has 1 aromatic carbocycles. The zero-order valence-corrected chi connectivity index (χ0v) is 15.0. The van der Waals surface area contributed by atoms with Gasteiger partial charge in [0.1, 0.15) is 0 Å². The van der Waals surface area contributed by atoms with Gasteiger partial charge in [-0.05, 0) is 49.3 Å². The van der Waals surface area contributed by atoms with Gasteiger partial charge in [-0.15, -0.1) is 10.2 Å². The molecule has 1 N–H and O–H groups in total. The first kappa shape index (κ1) is 17.2. The molecule has 0 unspecified atom stereocenters. The van der Waals surface area contributed by atoms with Gasteiger partial charge in [-0.3, -0.25) is 0 Å². The highest BCUT2D eigenvalue weighted by Crippen LogP contribution is 2.19. The molecular formula is C18H20N4O2S. The second-order valence-corrected chi connectivity index (χ2v) is 6.03. The van der Waals surface area contributed by atoms with Crippen LogP contribution in [0.5, 0.6) is 0 Å². The summed E-state index contributed by atoms with van der Waals surface area (Å²) in [4.78, 5) is 2.02. The number of para-hydroxylation sites is 1. The van der Waals surface area contributed by atoms with Crippen LogP contribution in [0.3, 0.4) is 0 Å². The zero-order valence-electron chi connectivity index (χ0n) is 14.2. The lowest BCUT2D eigenvalue weighted by Gasteiger charge is -2.24. The van der Waals surface area contributed by atoms with E-state index in [2.05, 4.69) is 22.4 Å². The van der Waals surface area contributed by atoms with E-state index in [1.54, 1.807) is 18.4 Å². The van der Waals surface area contributed by atoms with Gasteiger partial charge in [-0.25, -0.2) is 0 Å². The van der Waals surface area contributed by atoms with Gasteiger partial charge in [0.05, 0.1) is 12.8 Å². The van der Waals surface area contributed by atoms with E-state index in [1.807, 2.05) is 36.1 Å². The first-order chi connectivity index (χ1) is 12.2. The van der Waals surface area contributed by atoms with Crippen LogP contribution in [0.2, 0.25) is 0 Å². The summed E-state index contributed by atoms with van der Waals surface area (Å²) in [7, 11) is 0. The van der Waals surface area contributed by atoms with Gasteiger partial charge < -0.3 is 19.1 Å². The summed E-state index contributed by atoms with van der Waals surface area (Å²) < 4.78 is 11.0. The van der Waals surface area contributed by atoms with Crippen LogP contribution >= 0.6 is 12.2 Å². The highest BCUT2D eigenvalue weighted by atomic mass is 32.1. The number of nitrogens with one attached hydrogen (secondary N) is 1. The van der Waals surface area contributed by atoms with Crippen LogP contribution in [0.25, 0.3) is 11.7 Å². The Morgan fingerprint density at radius 3 is 2.76 bits per heavy atom. The van der Waals surface area contributed by atoms with Crippen molar-refractivity contribution in [3.63, 3.8) is 0 Å². The number of nitrogens with zero attached hydrogens (tertiary/aromatic N) is 3. The third-order valence-electron chi connectivity index (χ3n) is 3.69. The molecule has 2 aromatic heterocycles. The van der Waals surface area contributed by atoms with Crippen molar-refractivity contribution in [2.45, 2.75) is 26.8 Å². The van der Waals surface area contributed by atoms with E-state index < -0.39 is 0 Å². The van der Waals surface area contributed by atoms with Gasteiger partial charge in [0, 0.05) is 12.2 Å². The Labute approximate surface area is 151 Å². The number of anilines is 1. The lowest BCUT2D eigenvalue weighted by atomic mass is 10.2. The minimum absolute atomic E-state index is 0.370. The third kappa shape index (κ3) is 4.24. The number of hydrogen-bond acceptors (Lipinski definition) is 5. The highest BCUT2D eigenvalue weighted by Gasteiger charge is 2.16. The molecule has 0 saturated heterocycles. The fourth-order valence-electron chi connectivity index (χ4n) is 2.41. The first-order valence-corrected chi connectivity index (χ1v) is 8.56. The van der Waals surface area contributed by atoms with E-state index in [0.29, 0.717) is 29.2 Å². The van der Waals surface area contributed by atoms with Crippen molar-refractivity contribution >= 4 is 23.0 Å². The average molecular weight is 356 g/mol. The van der Waals surface area contributed by atoms with Gasteiger partial charge in [-0.1, -0.05) is 25.1 Å². The summed E-state index contributed by atoms with van der Waals surface area (Å²) in [6.07, 6.45) is 2.53. The molecule has 130 valence electrons. The minimum atomic E-state index is 0.370. The van der Waals surface area contributed by atoms with Crippen molar-refractivity contribution in [2.24, 2.45) is 0 Å². The average Bonchev–Trinajstić information content (AvgIpc) is 3.27. The summed E-state index contributed by atoms with van der Waals surface area (Å²) in [6.45, 7) is 5.38. The maximum absolute atomic E-state index is 5.68. The smallest absolute Gasteiger partial charge is 0.283 e. The summed E-state index contributed by atoms with van der Waals surface area (Å²) in [5.41, 5.74) is 2.13. The van der Waals surface area contributed by atoms with Gasteiger partial charge in [0.25, 0.3) is 5.89 Å². The summed E-state index contributed by atoms with van der Waals surface area (Å²) in [6, 6.07) is 11.6. The molecule has 0 aliphatic rings. The molecule has 0 saturated carbocycles. The second-order valence-electron chi connectivity index (χ2n) is 5.64. The Kier molecular flexibility index (Phi) is 5.45. The molecule has 6 nitrogen and oxygen atoms in total. The number of aryl methyl sites for hydroxylation is 1. The van der Waals surface area contributed by atoms with Gasteiger partial charge >= 0.3 is 0 Å². The molecule has 0 fully saturated rings. The first-order valence-electron chi connectivity index (χ1n) is 8.15. The summed E-state index contributed by atoms with van der Waals surface area (Å²) >= 11 is 5.57. The molecule has 0 aliphatic carbocycles. The van der Waals surface area contributed by atoms with E-state index in [9.17, 15) is 0 Å². The van der Waals surface area contributed by atoms with Crippen LogP contribution in [0, 0.1) is 6.92 Å². The lowest BCUT2D eigenvalue weighted by Crippen LogP contribution is -2.35. The van der Waals surface area contributed by atoms with Crippen molar-refractivity contribution in [1.82, 2.24) is 15.1 Å². The Morgan fingerprint density at radius 1 is 1.20 bits per heavy atom. The molecule has 0 atom stereocenters. The van der Waals surface area contributed by atoms with Crippen molar-refractivity contribution in [1.29, 1.82) is 0 Å². The standard InChI is InChI=1S/C18H20N4O2S/c1-3-10-22(18(25)19-14-8-5-4-7-13(14)2)12-16-20-21-17(24-16)15-9-6-11-23-15/h4-9,11H,3,10,12H2,1-2H3,(H,19,25). The number of benzene rings is 1. The summed E-state index contributed by atoms with van der Waals surface area (Å²) in [5.74, 6) is 1.42. The normalized spacial score (nSPS) is 10.6. The van der Waals surface area contributed by atoms with Gasteiger partial charge in [0.2, 0.25) is 5.89 Å². The SMILES string of the molecule is CCCN(Cc1nnc(-c2ccco2)o1)C(=S)Nc1ccccc1C. The van der Waals surface area contributed by atoms with Crippen LogP contribution in [-0.4, -0.2) is 26.8 Å². The van der Waals surface area contributed by atoms with Gasteiger partial charge in [-0.2, -0.15) is 0 Å². The maximum atomic E-state index is 5.68. The monoisotopic (exact) mass is 356 g/mol. The number of furan rings is 1. The third-order valence-corrected chi connectivity index (χ3v) is 4.05. The number of rotatable bonds is 6. The Morgan fingerprint density at radius 2 is 2.04 bits per heavy atom. The maximum Gasteiger partial charge on any atom is 0.283 e. The molecule has 3 aromatic rings. The number of aromatic nitrogens is 2.